The van der Waals surface area contributed by atoms with Crippen molar-refractivity contribution in [2.75, 3.05) is 20.6 Å². The summed E-state index contributed by atoms with van der Waals surface area (Å²) < 4.78 is 7.87. The summed E-state index contributed by atoms with van der Waals surface area (Å²) in [5, 5.41) is 14.9. The Bertz CT molecular complexity index is 1500. The molecule has 0 saturated carbocycles. The summed E-state index contributed by atoms with van der Waals surface area (Å²) >= 11 is 6.63. The van der Waals surface area contributed by atoms with Crippen molar-refractivity contribution in [2.24, 2.45) is 16.5 Å². The fraction of sp³-hybridized carbons (Fsp3) is 0.400. The lowest BCUT2D eigenvalue weighted by molar-refractivity contribution is -0.150. The summed E-state index contributed by atoms with van der Waals surface area (Å²) in [6, 6.07) is 15.8. The number of tetrazole rings is 1. The zero-order valence-corrected chi connectivity index (χ0v) is 25.6. The average Bonchev–Trinajstić information content (AvgIpc) is 3.63. The highest BCUT2D eigenvalue weighted by atomic mass is 35.5. The summed E-state index contributed by atoms with van der Waals surface area (Å²) in [4.78, 5) is 23.6. The number of nitrogens with one attached hydrogen (secondary N) is 1. The zero-order valence-electron chi connectivity index (χ0n) is 24.8. The van der Waals surface area contributed by atoms with Crippen LogP contribution in [0.15, 0.2) is 53.5 Å². The Labute approximate surface area is 256 Å². The second-order valence-corrected chi connectivity index (χ2v) is 10.8. The van der Waals surface area contributed by atoms with E-state index in [-0.39, 0.29) is 18.5 Å². The van der Waals surface area contributed by atoms with E-state index in [0.29, 0.717) is 42.6 Å². The van der Waals surface area contributed by atoms with Gasteiger partial charge in [-0.3, -0.25) is 14.7 Å². The minimum Gasteiger partial charge on any atom is -0.458 e. The number of nitrogens with zero attached hydrogens (tertiary/aromatic N) is 7. The van der Waals surface area contributed by atoms with E-state index in [9.17, 15) is 4.79 Å². The first kappa shape index (κ1) is 31.6. The number of aromatic amines is 1. The molecule has 0 fully saturated rings. The van der Waals surface area contributed by atoms with Gasteiger partial charge in [0, 0.05) is 25.1 Å². The van der Waals surface area contributed by atoms with Gasteiger partial charge in [0.2, 0.25) is 5.82 Å². The summed E-state index contributed by atoms with van der Waals surface area (Å²) in [6.45, 7) is 3.14. The third-order valence-corrected chi connectivity index (χ3v) is 7.45. The molecule has 0 aliphatic rings. The van der Waals surface area contributed by atoms with Gasteiger partial charge in [-0.25, -0.2) is 4.98 Å². The number of likely N-dealkylation sites (N-methyl/N-ethyl adjacent to an activating group) is 1. The molecule has 0 amide bonds. The number of imidazole rings is 1. The highest BCUT2D eigenvalue weighted by molar-refractivity contribution is 6.30. The maximum atomic E-state index is 13.1. The van der Waals surface area contributed by atoms with Crippen LogP contribution < -0.4 is 11.5 Å². The molecule has 43 heavy (non-hydrogen) atoms. The van der Waals surface area contributed by atoms with Crippen LogP contribution in [0.5, 0.6) is 0 Å². The van der Waals surface area contributed by atoms with Crippen LogP contribution in [0.3, 0.4) is 0 Å². The van der Waals surface area contributed by atoms with Crippen LogP contribution in [-0.4, -0.2) is 73.7 Å². The lowest BCUT2D eigenvalue weighted by Crippen LogP contribution is -2.37. The molecule has 1 unspecified atom stereocenters. The third-order valence-electron chi connectivity index (χ3n) is 7.15. The SMILES string of the molecule is CCCCc1nc(Cl)c(COC(=O)C(CCCN=C(N)N)N(C)C)n1Cc1ccc(-c2ccccc2-c2nn[nH]n2)cc1. The van der Waals surface area contributed by atoms with Crippen molar-refractivity contribution in [1.29, 1.82) is 0 Å². The fourth-order valence-corrected chi connectivity index (χ4v) is 5.10. The first-order valence-corrected chi connectivity index (χ1v) is 14.7. The Morgan fingerprint density at radius 2 is 1.86 bits per heavy atom. The van der Waals surface area contributed by atoms with Crippen LogP contribution in [0.25, 0.3) is 22.5 Å². The topological polar surface area (TPSA) is 166 Å². The van der Waals surface area contributed by atoms with Crippen LogP contribution in [0.4, 0.5) is 0 Å². The number of rotatable bonds is 15. The van der Waals surface area contributed by atoms with Crippen molar-refractivity contribution in [3.05, 3.63) is 70.8 Å². The van der Waals surface area contributed by atoms with Crippen molar-refractivity contribution in [3.8, 4) is 22.5 Å². The number of guanidine groups is 1. The van der Waals surface area contributed by atoms with Crippen LogP contribution in [0, 0.1) is 0 Å². The van der Waals surface area contributed by atoms with Gasteiger partial charge in [0.1, 0.15) is 18.5 Å². The van der Waals surface area contributed by atoms with E-state index in [0.717, 1.165) is 47.3 Å². The summed E-state index contributed by atoms with van der Waals surface area (Å²) in [5.41, 5.74) is 15.5. The highest BCUT2D eigenvalue weighted by Gasteiger charge is 2.24. The standard InChI is InChI=1S/C30H39ClN10O2/c1-4-5-12-26-35-27(31)25(19-43-29(42)24(40(2)3)11-8-17-34-30(32)33)41(26)18-20-13-15-21(16-14-20)22-9-6-7-10-23(22)28-36-38-39-37-28/h6-7,9-10,13-16,24H,4-5,8,11-12,17-19H2,1-3H3,(H4,32,33,34)(H,36,37,38,39). The van der Waals surface area contributed by atoms with Crippen molar-refractivity contribution in [1.82, 2.24) is 35.1 Å². The van der Waals surface area contributed by atoms with Crippen molar-refractivity contribution >= 4 is 23.5 Å². The van der Waals surface area contributed by atoms with Gasteiger partial charge in [0.15, 0.2) is 11.1 Å². The number of nitrogens with two attached hydrogens (primary N) is 2. The molecule has 12 nitrogen and oxygen atoms in total. The number of aliphatic imine (C=N–C) groups is 1. The third kappa shape index (κ3) is 8.39. The summed E-state index contributed by atoms with van der Waals surface area (Å²) in [5.74, 6) is 1.11. The Hall–Kier alpha value is -4.29. The number of carbonyl (C=O) groups excluding carboxylic acids is 1. The molecule has 13 heteroatoms. The number of carbonyl (C=O) groups is 1. The lowest BCUT2D eigenvalue weighted by Gasteiger charge is -2.22. The van der Waals surface area contributed by atoms with Crippen LogP contribution in [0.2, 0.25) is 5.15 Å². The molecule has 1 atom stereocenters. The molecule has 0 spiro atoms. The zero-order chi connectivity index (χ0) is 30.8. The predicted molar refractivity (Wildman–Crippen MR) is 167 cm³/mol. The number of hydrogen-bond acceptors (Lipinski definition) is 8. The largest absolute Gasteiger partial charge is 0.458 e. The number of aromatic nitrogens is 6. The Morgan fingerprint density at radius 3 is 2.51 bits per heavy atom. The van der Waals surface area contributed by atoms with Crippen molar-refractivity contribution < 1.29 is 9.53 Å². The van der Waals surface area contributed by atoms with E-state index in [1.165, 1.54) is 0 Å². The Balaban J connectivity index is 1.52. The Kier molecular flexibility index (Phi) is 11.2. The molecule has 5 N–H and O–H groups in total. The summed E-state index contributed by atoms with van der Waals surface area (Å²) in [6.07, 6.45) is 3.96. The molecule has 0 aliphatic heterocycles. The van der Waals surface area contributed by atoms with Gasteiger partial charge in [-0.05, 0) is 55.3 Å². The van der Waals surface area contributed by atoms with E-state index in [2.05, 4.69) is 66.4 Å². The number of ether oxygens (including phenoxy) is 1. The van der Waals surface area contributed by atoms with Crippen LogP contribution >= 0.6 is 11.6 Å². The molecular formula is C30H39ClN10O2. The minimum atomic E-state index is -0.438. The first-order chi connectivity index (χ1) is 20.8. The van der Waals surface area contributed by atoms with Gasteiger partial charge in [0.25, 0.3) is 0 Å². The number of unbranched alkanes of at least 4 members (excludes halogenated alkanes) is 1. The number of hydrogen-bond donors (Lipinski definition) is 3. The molecule has 0 saturated heterocycles. The van der Waals surface area contributed by atoms with Crippen LogP contribution in [0.1, 0.15) is 49.7 Å². The smallest absolute Gasteiger partial charge is 0.323 e. The first-order valence-electron chi connectivity index (χ1n) is 14.3. The quantitative estimate of drug-likeness (QED) is 0.0789. The molecule has 0 aliphatic carbocycles. The molecule has 0 radical (unpaired) electrons. The molecule has 2 aromatic heterocycles. The molecule has 0 bridgehead atoms. The van der Waals surface area contributed by atoms with Gasteiger partial charge in [0.05, 0.1) is 5.69 Å². The molecule has 228 valence electrons. The van der Waals surface area contributed by atoms with Crippen LogP contribution in [-0.2, 0) is 29.1 Å². The molecular weight excluding hydrogens is 568 g/mol. The maximum Gasteiger partial charge on any atom is 0.323 e. The second kappa shape index (κ2) is 15.3. The van der Waals surface area contributed by atoms with Gasteiger partial charge >= 0.3 is 5.97 Å². The van der Waals surface area contributed by atoms with Gasteiger partial charge < -0.3 is 20.8 Å². The molecule has 2 aromatic carbocycles. The van der Waals surface area contributed by atoms with Gasteiger partial charge in [-0.1, -0.05) is 73.5 Å². The number of esters is 1. The van der Waals surface area contributed by atoms with E-state index in [1.807, 2.05) is 43.3 Å². The van der Waals surface area contributed by atoms with Gasteiger partial charge in [-0.2, -0.15) is 5.21 Å². The summed E-state index contributed by atoms with van der Waals surface area (Å²) in [7, 11) is 3.69. The normalized spacial score (nSPS) is 11.9. The van der Waals surface area contributed by atoms with Gasteiger partial charge in [-0.15, -0.1) is 10.2 Å². The number of halogens is 1. The molecule has 4 rings (SSSR count). The average molecular weight is 607 g/mol. The van der Waals surface area contributed by atoms with E-state index < -0.39 is 6.04 Å². The predicted octanol–water partition coefficient (Wildman–Crippen LogP) is 3.80. The number of aryl methyl sites for hydroxylation is 1. The Morgan fingerprint density at radius 1 is 1.12 bits per heavy atom. The number of H-pyrrole nitrogens is 1. The van der Waals surface area contributed by atoms with E-state index in [1.54, 1.807) is 0 Å². The van der Waals surface area contributed by atoms with E-state index >= 15 is 0 Å². The van der Waals surface area contributed by atoms with Crippen molar-refractivity contribution in [2.45, 2.75) is 58.2 Å². The lowest BCUT2D eigenvalue weighted by atomic mass is 9.98. The molecule has 2 heterocycles. The fourth-order valence-electron chi connectivity index (χ4n) is 4.85. The number of benzene rings is 2. The maximum absolute atomic E-state index is 13.1. The minimum absolute atomic E-state index is 0.0190. The second-order valence-electron chi connectivity index (χ2n) is 10.5. The van der Waals surface area contributed by atoms with E-state index in [4.69, 9.17) is 27.8 Å². The molecule has 4 aromatic rings. The van der Waals surface area contributed by atoms with Crippen molar-refractivity contribution in [3.63, 3.8) is 0 Å². The highest BCUT2D eigenvalue weighted by Crippen LogP contribution is 2.30. The monoisotopic (exact) mass is 606 g/mol.